The van der Waals surface area contributed by atoms with E-state index in [1.807, 2.05) is 5.20 Å². The van der Waals surface area contributed by atoms with Gasteiger partial charge in [-0.05, 0) is 0 Å². The van der Waals surface area contributed by atoms with Gasteiger partial charge in [-0.1, -0.05) is 0 Å². The molecular weight excluding hydrogens is 483 g/mol. The van der Waals surface area contributed by atoms with Gasteiger partial charge >= 0.3 is 183 Å². The zero-order valence-corrected chi connectivity index (χ0v) is 25.4. The van der Waals surface area contributed by atoms with Crippen molar-refractivity contribution in [1.29, 1.82) is 0 Å². The molecular formula is C25H39Cl3SiTi. The molecule has 0 fully saturated rings. The summed E-state index contributed by atoms with van der Waals surface area (Å²) in [6.45, 7) is 18.8. The van der Waals surface area contributed by atoms with Crippen molar-refractivity contribution in [3.63, 3.8) is 0 Å². The van der Waals surface area contributed by atoms with E-state index in [1.54, 1.807) is 31.3 Å². The standard InChI is InChI=1S/C25H39Si.3ClH.Ti/c1-9-11-12-13-22-14-23(15-24(22)16(3)10-2)26-25-20(7)18(5)17(4)19(6)21(25)8;;;;/h16H,9-14,26H2,1-8H3;3*1H;/q;;;;+3/p-3. The number of allylic oxidation sites excluding steroid dienone is 4. The van der Waals surface area contributed by atoms with E-state index < -0.39 is 9.52 Å². The fourth-order valence-electron chi connectivity index (χ4n) is 4.63. The van der Waals surface area contributed by atoms with Crippen molar-refractivity contribution >= 4 is 14.7 Å². The van der Waals surface area contributed by atoms with Gasteiger partial charge in [0.05, 0.1) is 0 Å². The molecule has 1 aromatic rings. The molecule has 0 aliphatic heterocycles. The summed E-state index contributed by atoms with van der Waals surface area (Å²) in [7, 11) is -0.393. The molecule has 168 valence electrons. The number of hydrogen-bond donors (Lipinski definition) is 0. The maximum atomic E-state index is 2.44. The molecule has 0 nitrogen and oxygen atoms in total. The normalized spacial score (nSPS) is 14.7. The SMILES string of the molecule is CCCCCC1=C(C(C)CC)[C]([Ti+3])=C([SiH2]c2c(C)c(C)c(C)c(C)c2C)C1.[Cl-].[Cl-].[Cl-]. The first-order valence-corrected chi connectivity index (χ1v) is 13.2. The summed E-state index contributed by atoms with van der Waals surface area (Å²) in [5, 5.41) is 3.55. The molecule has 30 heavy (non-hydrogen) atoms. The number of halogens is 3. The Morgan fingerprint density at radius 1 is 0.833 bits per heavy atom. The third-order valence-corrected chi connectivity index (χ3v) is 11.1. The van der Waals surface area contributed by atoms with Crippen LogP contribution in [0.5, 0.6) is 0 Å². The van der Waals surface area contributed by atoms with Crippen LogP contribution in [-0.2, 0) is 20.4 Å². The Labute approximate surface area is 219 Å². The molecule has 1 atom stereocenters. The molecule has 1 aliphatic carbocycles. The molecule has 0 bridgehead atoms. The molecule has 2 rings (SSSR count). The van der Waals surface area contributed by atoms with Gasteiger partial charge in [0.25, 0.3) is 0 Å². The topological polar surface area (TPSA) is 0 Å². The smallest absolute Gasteiger partial charge is 1.00 e. The Balaban J connectivity index is 0. The van der Waals surface area contributed by atoms with Gasteiger partial charge in [0.15, 0.2) is 0 Å². The van der Waals surface area contributed by atoms with Gasteiger partial charge in [-0.25, -0.2) is 0 Å². The molecule has 0 aromatic heterocycles. The van der Waals surface area contributed by atoms with E-state index in [-0.39, 0.29) is 37.2 Å². The average molecular weight is 522 g/mol. The van der Waals surface area contributed by atoms with E-state index in [9.17, 15) is 0 Å². The van der Waals surface area contributed by atoms with Gasteiger partial charge < -0.3 is 37.2 Å². The minimum Gasteiger partial charge on any atom is -1.00 e. The third kappa shape index (κ3) is 7.00. The molecule has 0 saturated carbocycles. The zero-order chi connectivity index (χ0) is 20.3. The van der Waals surface area contributed by atoms with Crippen LogP contribution < -0.4 is 42.4 Å². The molecule has 5 heteroatoms. The van der Waals surface area contributed by atoms with Crippen LogP contribution in [-0.4, -0.2) is 9.52 Å². The number of hydrogen-bond acceptors (Lipinski definition) is 0. The third-order valence-electron chi connectivity index (χ3n) is 7.16. The molecule has 0 N–H and O–H groups in total. The molecule has 0 radical (unpaired) electrons. The minimum absolute atomic E-state index is 0. The van der Waals surface area contributed by atoms with Crippen LogP contribution in [0.15, 0.2) is 20.2 Å². The average Bonchev–Trinajstić information content (AvgIpc) is 2.97. The van der Waals surface area contributed by atoms with Crippen molar-refractivity contribution in [2.75, 3.05) is 0 Å². The summed E-state index contributed by atoms with van der Waals surface area (Å²) >= 11 is 2.44. The van der Waals surface area contributed by atoms with Gasteiger partial charge in [-0.15, -0.1) is 0 Å². The van der Waals surface area contributed by atoms with E-state index in [2.05, 4.69) is 75.8 Å². The maximum Gasteiger partial charge on any atom is -1.00 e. The van der Waals surface area contributed by atoms with Crippen molar-refractivity contribution in [2.24, 2.45) is 5.92 Å². The molecule has 1 aliphatic rings. The van der Waals surface area contributed by atoms with Crippen LogP contribution in [0.1, 0.15) is 87.1 Å². The first-order chi connectivity index (χ1) is 12.7. The quantitative estimate of drug-likeness (QED) is 0.255. The monoisotopic (exact) mass is 520 g/mol. The summed E-state index contributed by atoms with van der Waals surface area (Å²) < 4.78 is 1.68. The van der Waals surface area contributed by atoms with E-state index in [0.29, 0.717) is 0 Å². The summed E-state index contributed by atoms with van der Waals surface area (Å²) in [6.07, 6.45) is 7.94. The molecule has 0 amide bonds. The molecule has 0 spiro atoms. The van der Waals surface area contributed by atoms with Gasteiger partial charge in [0.1, 0.15) is 0 Å². The Kier molecular flexibility index (Phi) is 15.9. The van der Waals surface area contributed by atoms with Gasteiger partial charge in [0, 0.05) is 0 Å². The second kappa shape index (κ2) is 14.6. The Hall–Kier alpha value is 0.501. The second-order valence-corrected chi connectivity index (χ2v) is 11.4. The van der Waals surface area contributed by atoms with E-state index in [4.69, 9.17) is 0 Å². The molecule has 0 saturated heterocycles. The number of unbranched alkanes of at least 4 members (excludes halogenated alkanes) is 2. The number of benzene rings is 1. The van der Waals surface area contributed by atoms with Crippen molar-refractivity contribution in [3.05, 3.63) is 48.0 Å². The van der Waals surface area contributed by atoms with Crippen LogP contribution in [0.3, 0.4) is 0 Å². The van der Waals surface area contributed by atoms with Crippen LogP contribution in [0, 0.1) is 40.5 Å². The first-order valence-electron chi connectivity index (χ1n) is 11.0. The molecule has 1 unspecified atom stereocenters. The molecule has 1 aromatic carbocycles. The van der Waals surface area contributed by atoms with Crippen molar-refractivity contribution in [1.82, 2.24) is 0 Å². The maximum absolute atomic E-state index is 2.44. The molecule has 0 heterocycles. The van der Waals surface area contributed by atoms with Gasteiger partial charge in [-0.2, -0.15) is 0 Å². The summed E-state index contributed by atoms with van der Waals surface area (Å²) in [4.78, 5) is 0. The second-order valence-electron chi connectivity index (χ2n) is 8.72. The van der Waals surface area contributed by atoms with Crippen molar-refractivity contribution in [2.45, 2.75) is 93.9 Å². The van der Waals surface area contributed by atoms with Crippen molar-refractivity contribution < 1.29 is 57.7 Å². The predicted octanol–water partition coefficient (Wildman–Crippen LogP) is -2.88. The fraction of sp³-hybridized carbons (Fsp3) is 0.600. The summed E-state index contributed by atoms with van der Waals surface area (Å²) in [6, 6.07) is 0. The predicted molar refractivity (Wildman–Crippen MR) is 121 cm³/mol. The van der Waals surface area contributed by atoms with E-state index >= 15 is 0 Å². The fourth-order valence-corrected chi connectivity index (χ4v) is 8.12. The largest absolute Gasteiger partial charge is 1.00 e. The van der Waals surface area contributed by atoms with Crippen LogP contribution in [0.2, 0.25) is 0 Å². The Bertz CT molecular complexity index is 752. The van der Waals surface area contributed by atoms with Crippen molar-refractivity contribution in [3.8, 4) is 0 Å². The summed E-state index contributed by atoms with van der Waals surface area (Å²) in [5.41, 5.74) is 11.2. The Morgan fingerprint density at radius 3 is 1.80 bits per heavy atom. The van der Waals surface area contributed by atoms with E-state index in [1.165, 1.54) is 55.2 Å². The Morgan fingerprint density at radius 2 is 1.33 bits per heavy atom. The van der Waals surface area contributed by atoms with E-state index in [0.717, 1.165) is 5.92 Å². The number of rotatable bonds is 8. The summed E-state index contributed by atoms with van der Waals surface area (Å²) in [5.74, 6) is 0.719. The van der Waals surface area contributed by atoms with Crippen LogP contribution >= 0.6 is 0 Å². The first kappa shape index (κ1) is 32.7. The zero-order valence-electron chi connectivity index (χ0n) is 20.2. The van der Waals surface area contributed by atoms with Gasteiger partial charge in [0.2, 0.25) is 0 Å². The van der Waals surface area contributed by atoms with Crippen LogP contribution in [0.4, 0.5) is 0 Å². The minimum atomic E-state index is -0.393. The van der Waals surface area contributed by atoms with Crippen LogP contribution in [0.25, 0.3) is 0 Å². The van der Waals surface area contributed by atoms with Gasteiger partial charge in [-0.3, -0.25) is 0 Å².